The molecular formula is C45H28N4O2. The highest BCUT2D eigenvalue weighted by molar-refractivity contribution is 6.12. The van der Waals surface area contributed by atoms with Crippen LogP contribution in [0.4, 0.5) is 0 Å². The Balaban J connectivity index is 1.18. The number of nitrogens with zero attached hydrogens (tertiary/aromatic N) is 4. The minimum absolute atomic E-state index is 0.0209. The van der Waals surface area contributed by atoms with E-state index < -0.39 is 0 Å². The molecular weight excluding hydrogens is 629 g/mol. The van der Waals surface area contributed by atoms with Gasteiger partial charge in [-0.05, 0) is 53.6 Å². The average Bonchev–Trinajstić information content (AvgIpc) is 3.74. The molecule has 6 nitrogen and oxygen atoms in total. The first-order chi connectivity index (χ1) is 25.2. The molecule has 0 amide bonds. The normalized spacial score (nSPS) is 11.6. The van der Waals surface area contributed by atoms with Crippen LogP contribution < -0.4 is 0 Å². The molecule has 6 heteroatoms. The van der Waals surface area contributed by atoms with Gasteiger partial charge in [0.1, 0.15) is 5.58 Å². The summed E-state index contributed by atoms with van der Waals surface area (Å²) in [6.45, 7) is 0. The number of hydrogen-bond donors (Lipinski definition) is 1. The van der Waals surface area contributed by atoms with Crippen molar-refractivity contribution in [1.82, 2.24) is 19.5 Å². The zero-order valence-electron chi connectivity index (χ0n) is 27.2. The molecule has 0 bridgehead atoms. The number of hydrogen-bond acceptors (Lipinski definition) is 5. The molecule has 240 valence electrons. The summed E-state index contributed by atoms with van der Waals surface area (Å²) in [4.78, 5) is 14.6. The third-order valence-electron chi connectivity index (χ3n) is 9.53. The van der Waals surface area contributed by atoms with Gasteiger partial charge in [-0.25, -0.2) is 15.0 Å². The minimum atomic E-state index is 0.0209. The Morgan fingerprint density at radius 2 is 1.00 bits per heavy atom. The van der Waals surface area contributed by atoms with Crippen molar-refractivity contribution in [2.24, 2.45) is 0 Å². The predicted octanol–water partition coefficient (Wildman–Crippen LogP) is 11.2. The van der Waals surface area contributed by atoms with Gasteiger partial charge in [0.15, 0.2) is 28.8 Å². The van der Waals surface area contributed by atoms with Crippen LogP contribution in [0.1, 0.15) is 0 Å². The fourth-order valence-corrected chi connectivity index (χ4v) is 7.11. The van der Waals surface area contributed by atoms with E-state index in [-0.39, 0.29) is 5.75 Å². The van der Waals surface area contributed by atoms with E-state index in [4.69, 9.17) is 19.4 Å². The van der Waals surface area contributed by atoms with Gasteiger partial charge in [-0.2, -0.15) is 0 Å². The number of aromatic nitrogens is 4. The van der Waals surface area contributed by atoms with Gasteiger partial charge >= 0.3 is 0 Å². The van der Waals surface area contributed by atoms with Gasteiger partial charge < -0.3 is 14.1 Å². The Morgan fingerprint density at radius 3 is 1.69 bits per heavy atom. The molecule has 0 aliphatic carbocycles. The molecule has 0 saturated carbocycles. The van der Waals surface area contributed by atoms with Gasteiger partial charge in [0.05, 0.1) is 11.0 Å². The zero-order chi connectivity index (χ0) is 33.9. The van der Waals surface area contributed by atoms with E-state index in [1.807, 2.05) is 78.9 Å². The molecule has 0 radical (unpaired) electrons. The Morgan fingerprint density at radius 1 is 0.412 bits per heavy atom. The lowest BCUT2D eigenvalue weighted by molar-refractivity contribution is 0.469. The molecule has 0 aliphatic heterocycles. The molecule has 0 atom stereocenters. The van der Waals surface area contributed by atoms with E-state index in [9.17, 15) is 5.11 Å². The SMILES string of the molecule is Oc1cc(-c2nc(-c3ccccc3)nc(-c3ccccc3)n2)cc2c1oc1ccc(-n3c4ccccc4c4ccc(-c5ccccc5)cc43)cc12. The summed E-state index contributed by atoms with van der Waals surface area (Å²) in [7, 11) is 0. The van der Waals surface area contributed by atoms with Gasteiger partial charge in [-0.3, -0.25) is 0 Å². The maximum Gasteiger partial charge on any atom is 0.177 e. The van der Waals surface area contributed by atoms with E-state index >= 15 is 0 Å². The van der Waals surface area contributed by atoms with Crippen molar-refractivity contribution in [2.45, 2.75) is 0 Å². The molecule has 0 spiro atoms. The van der Waals surface area contributed by atoms with Crippen molar-refractivity contribution in [3.8, 4) is 56.7 Å². The summed E-state index contributed by atoms with van der Waals surface area (Å²) in [6.07, 6.45) is 0. The maximum absolute atomic E-state index is 11.4. The van der Waals surface area contributed by atoms with Crippen molar-refractivity contribution < 1.29 is 9.52 Å². The van der Waals surface area contributed by atoms with E-state index in [1.54, 1.807) is 6.07 Å². The van der Waals surface area contributed by atoms with Crippen molar-refractivity contribution in [2.75, 3.05) is 0 Å². The Kier molecular flexibility index (Phi) is 6.54. The number of aromatic hydroxyl groups is 1. The lowest BCUT2D eigenvalue weighted by Gasteiger charge is -2.10. The van der Waals surface area contributed by atoms with Gasteiger partial charge in [0, 0.05) is 43.9 Å². The molecule has 3 aromatic heterocycles. The van der Waals surface area contributed by atoms with Crippen molar-refractivity contribution in [3.63, 3.8) is 0 Å². The van der Waals surface area contributed by atoms with Crippen LogP contribution in [0.25, 0.3) is 94.7 Å². The molecule has 0 unspecified atom stereocenters. The molecule has 7 aromatic carbocycles. The predicted molar refractivity (Wildman–Crippen MR) is 205 cm³/mol. The zero-order valence-corrected chi connectivity index (χ0v) is 27.2. The van der Waals surface area contributed by atoms with Crippen molar-refractivity contribution in [1.29, 1.82) is 0 Å². The van der Waals surface area contributed by atoms with Crippen LogP contribution >= 0.6 is 0 Å². The van der Waals surface area contributed by atoms with E-state index in [2.05, 4.69) is 83.4 Å². The summed E-state index contributed by atoms with van der Waals surface area (Å²) >= 11 is 0. The molecule has 0 saturated heterocycles. The minimum Gasteiger partial charge on any atom is -0.504 e. The first-order valence-electron chi connectivity index (χ1n) is 16.8. The highest BCUT2D eigenvalue weighted by Gasteiger charge is 2.19. The van der Waals surface area contributed by atoms with Crippen LogP contribution in [-0.4, -0.2) is 24.6 Å². The van der Waals surface area contributed by atoms with E-state index in [0.29, 0.717) is 34.2 Å². The van der Waals surface area contributed by atoms with Crippen LogP contribution in [-0.2, 0) is 0 Å². The fraction of sp³-hybridized carbons (Fsp3) is 0. The Bertz CT molecular complexity index is 2860. The highest BCUT2D eigenvalue weighted by Crippen LogP contribution is 2.41. The van der Waals surface area contributed by atoms with Crippen LogP contribution in [0, 0.1) is 0 Å². The number of phenols is 1. The Labute approximate surface area is 292 Å². The lowest BCUT2D eigenvalue weighted by atomic mass is 10.0. The van der Waals surface area contributed by atoms with Crippen LogP contribution in [0.2, 0.25) is 0 Å². The number of rotatable bonds is 5. The fourth-order valence-electron chi connectivity index (χ4n) is 7.11. The van der Waals surface area contributed by atoms with E-state index in [0.717, 1.165) is 44.2 Å². The molecule has 10 rings (SSSR count). The average molecular weight is 657 g/mol. The Hall–Kier alpha value is -7.05. The lowest BCUT2D eigenvalue weighted by Crippen LogP contribution is -2.00. The molecule has 0 fully saturated rings. The highest BCUT2D eigenvalue weighted by atomic mass is 16.4. The van der Waals surface area contributed by atoms with Crippen molar-refractivity contribution in [3.05, 3.63) is 164 Å². The molecule has 10 aromatic rings. The number of benzene rings is 7. The second-order valence-electron chi connectivity index (χ2n) is 12.6. The van der Waals surface area contributed by atoms with Gasteiger partial charge in [-0.15, -0.1) is 0 Å². The van der Waals surface area contributed by atoms with Crippen LogP contribution in [0.5, 0.6) is 5.75 Å². The monoisotopic (exact) mass is 656 g/mol. The first-order valence-corrected chi connectivity index (χ1v) is 16.8. The van der Waals surface area contributed by atoms with Gasteiger partial charge in [-0.1, -0.05) is 121 Å². The number of phenolic OH excluding ortho intramolecular Hbond substituents is 1. The molecule has 51 heavy (non-hydrogen) atoms. The quantitative estimate of drug-likeness (QED) is 0.199. The smallest absolute Gasteiger partial charge is 0.177 e. The van der Waals surface area contributed by atoms with E-state index in [1.165, 1.54) is 16.3 Å². The summed E-state index contributed by atoms with van der Waals surface area (Å²) in [6, 6.07) is 55.2. The summed E-state index contributed by atoms with van der Waals surface area (Å²) in [5.41, 5.74) is 9.04. The van der Waals surface area contributed by atoms with Crippen LogP contribution in [0.3, 0.4) is 0 Å². The topological polar surface area (TPSA) is 77.0 Å². The molecule has 0 aliphatic rings. The standard InChI is InChI=1S/C45H28N4O2/c50-40-26-32(45-47-43(29-14-6-2-7-15-29)46-44(48-45)30-16-8-3-9-17-30)24-37-36-27-33(21-23-41(36)51-42(37)40)49-38-19-11-10-18-34(38)35-22-20-31(25-39(35)49)28-12-4-1-5-13-28/h1-27,50H. The number of fused-ring (bicyclic) bond motifs is 6. The molecule has 3 heterocycles. The molecule has 1 N–H and O–H groups in total. The second-order valence-corrected chi connectivity index (χ2v) is 12.6. The third kappa shape index (κ3) is 4.84. The van der Waals surface area contributed by atoms with Gasteiger partial charge in [0.2, 0.25) is 0 Å². The van der Waals surface area contributed by atoms with Gasteiger partial charge in [0.25, 0.3) is 0 Å². The summed E-state index contributed by atoms with van der Waals surface area (Å²) < 4.78 is 8.58. The van der Waals surface area contributed by atoms with Crippen molar-refractivity contribution >= 4 is 43.7 Å². The third-order valence-corrected chi connectivity index (χ3v) is 9.53. The summed E-state index contributed by atoms with van der Waals surface area (Å²) in [5, 5.41) is 15.4. The largest absolute Gasteiger partial charge is 0.504 e. The number of furan rings is 1. The van der Waals surface area contributed by atoms with Crippen LogP contribution in [0.15, 0.2) is 168 Å². The number of para-hydroxylation sites is 1. The maximum atomic E-state index is 11.4. The first kappa shape index (κ1) is 28.9. The summed E-state index contributed by atoms with van der Waals surface area (Å²) in [5.74, 6) is 1.59. The second kappa shape index (κ2) is 11.5.